The highest BCUT2D eigenvalue weighted by atomic mass is 16.1. The van der Waals surface area contributed by atoms with E-state index in [1.165, 1.54) is 0 Å². The second-order valence-electron chi connectivity index (χ2n) is 2.99. The molecule has 1 amide bonds. The number of rotatable bonds is 3. The molecule has 0 atom stereocenters. The number of nitrogens with two attached hydrogens (primary N) is 2. The van der Waals surface area contributed by atoms with Crippen LogP contribution in [0, 0.1) is 0 Å². The van der Waals surface area contributed by atoms with Gasteiger partial charge in [-0.25, -0.2) is 0 Å². The monoisotopic (exact) mass is 203 g/mol. The maximum atomic E-state index is 11.6. The van der Waals surface area contributed by atoms with Crippen LogP contribution in [0.15, 0.2) is 41.9 Å². The van der Waals surface area contributed by atoms with Crippen molar-refractivity contribution in [3.63, 3.8) is 0 Å². The lowest BCUT2D eigenvalue weighted by Gasteiger charge is -2.03. The van der Waals surface area contributed by atoms with Crippen molar-refractivity contribution in [2.45, 2.75) is 6.42 Å². The average Bonchev–Trinajstić information content (AvgIpc) is 2.18. The second-order valence-corrected chi connectivity index (χ2v) is 2.99. The molecule has 4 heteroatoms. The summed E-state index contributed by atoms with van der Waals surface area (Å²) in [7, 11) is 0. The molecule has 4 N–H and O–H groups in total. The van der Waals surface area contributed by atoms with Crippen molar-refractivity contribution in [3.05, 3.63) is 48.0 Å². The number of carbonyl (C=O) groups is 1. The topological polar surface area (TPSA) is 81.5 Å². The highest BCUT2D eigenvalue weighted by Crippen LogP contribution is 2.11. The van der Waals surface area contributed by atoms with Crippen LogP contribution in [-0.4, -0.2) is 11.9 Å². The zero-order valence-electron chi connectivity index (χ0n) is 8.31. The minimum atomic E-state index is -0.424. The Morgan fingerprint density at radius 3 is 2.67 bits per heavy atom. The van der Waals surface area contributed by atoms with E-state index in [2.05, 4.69) is 11.6 Å². The van der Waals surface area contributed by atoms with E-state index in [0.717, 1.165) is 5.56 Å². The van der Waals surface area contributed by atoms with E-state index in [1.807, 2.05) is 12.1 Å². The number of benzene rings is 1. The van der Waals surface area contributed by atoms with Gasteiger partial charge in [-0.2, -0.15) is 4.99 Å². The number of amides is 1. The quantitative estimate of drug-likeness (QED) is 0.433. The molecule has 1 aromatic rings. The molecule has 1 rings (SSSR count). The first-order chi connectivity index (χ1) is 7.15. The number of aliphatic imine (C=N–C) groups is 1. The zero-order valence-corrected chi connectivity index (χ0v) is 8.31. The predicted octanol–water partition coefficient (Wildman–Crippen LogP) is 0.829. The SMILES string of the molecule is C=CCc1ccccc1C(=O)N=C(N)N. The first kappa shape index (κ1) is 11.0. The summed E-state index contributed by atoms with van der Waals surface area (Å²) in [5.74, 6) is -0.652. The van der Waals surface area contributed by atoms with Crippen LogP contribution >= 0.6 is 0 Å². The Labute approximate surface area is 88.3 Å². The largest absolute Gasteiger partial charge is 0.370 e. The fourth-order valence-corrected chi connectivity index (χ4v) is 1.24. The second kappa shape index (κ2) is 4.95. The van der Waals surface area contributed by atoms with Crippen LogP contribution in [0.25, 0.3) is 0 Å². The number of hydrogen-bond acceptors (Lipinski definition) is 1. The molecule has 1 aromatic carbocycles. The molecule has 0 bridgehead atoms. The highest BCUT2D eigenvalue weighted by molar-refractivity contribution is 6.02. The molecular weight excluding hydrogens is 190 g/mol. The number of nitrogens with zero attached hydrogens (tertiary/aromatic N) is 1. The van der Waals surface area contributed by atoms with E-state index in [4.69, 9.17) is 11.5 Å². The van der Waals surface area contributed by atoms with Crippen molar-refractivity contribution in [2.24, 2.45) is 16.5 Å². The van der Waals surface area contributed by atoms with Crippen LogP contribution in [-0.2, 0) is 6.42 Å². The highest BCUT2D eigenvalue weighted by Gasteiger charge is 2.08. The summed E-state index contributed by atoms with van der Waals surface area (Å²) in [5, 5.41) is 0. The van der Waals surface area contributed by atoms with Crippen molar-refractivity contribution < 1.29 is 4.79 Å². The smallest absolute Gasteiger partial charge is 0.280 e. The molecule has 0 spiro atoms. The summed E-state index contributed by atoms with van der Waals surface area (Å²) in [4.78, 5) is 15.1. The number of hydrogen-bond donors (Lipinski definition) is 2. The van der Waals surface area contributed by atoms with Gasteiger partial charge in [0.15, 0.2) is 5.96 Å². The van der Waals surface area contributed by atoms with Gasteiger partial charge in [0.05, 0.1) is 0 Å². The van der Waals surface area contributed by atoms with E-state index in [1.54, 1.807) is 18.2 Å². The van der Waals surface area contributed by atoms with Crippen LogP contribution in [0.3, 0.4) is 0 Å². The summed E-state index contributed by atoms with van der Waals surface area (Å²) in [6.07, 6.45) is 2.34. The van der Waals surface area contributed by atoms with Gasteiger partial charge in [0.25, 0.3) is 5.91 Å². The Bertz CT molecular complexity index is 406. The lowest BCUT2D eigenvalue weighted by atomic mass is 10.0. The molecule has 0 fully saturated rings. The molecule has 15 heavy (non-hydrogen) atoms. The Morgan fingerprint density at radius 2 is 2.07 bits per heavy atom. The van der Waals surface area contributed by atoms with Crippen LogP contribution < -0.4 is 11.5 Å². The van der Waals surface area contributed by atoms with Gasteiger partial charge in [-0.3, -0.25) is 4.79 Å². The Balaban J connectivity index is 3.07. The standard InChI is InChI=1S/C11H13N3O/c1-2-5-8-6-3-4-7-9(8)10(15)14-11(12)13/h2-4,6-7H,1,5H2,(H4,12,13,14,15). The molecule has 0 aliphatic rings. The van der Waals surface area contributed by atoms with Gasteiger partial charge in [0, 0.05) is 5.56 Å². The molecule has 0 aromatic heterocycles. The number of carbonyl (C=O) groups excluding carboxylic acids is 1. The van der Waals surface area contributed by atoms with Gasteiger partial charge in [-0.05, 0) is 18.1 Å². The van der Waals surface area contributed by atoms with E-state index >= 15 is 0 Å². The van der Waals surface area contributed by atoms with Crippen molar-refractivity contribution in [1.82, 2.24) is 0 Å². The summed E-state index contributed by atoms with van der Waals surface area (Å²) >= 11 is 0. The van der Waals surface area contributed by atoms with Crippen LogP contribution in [0.4, 0.5) is 0 Å². The third kappa shape index (κ3) is 2.95. The van der Waals surface area contributed by atoms with Crippen LogP contribution in [0.1, 0.15) is 15.9 Å². The van der Waals surface area contributed by atoms with Gasteiger partial charge in [-0.15, -0.1) is 6.58 Å². The first-order valence-corrected chi connectivity index (χ1v) is 4.48. The lowest BCUT2D eigenvalue weighted by Crippen LogP contribution is -2.24. The Kier molecular flexibility index (Phi) is 3.62. The van der Waals surface area contributed by atoms with Gasteiger partial charge < -0.3 is 11.5 Å². The maximum Gasteiger partial charge on any atom is 0.280 e. The molecule has 0 saturated carbocycles. The van der Waals surface area contributed by atoms with Crippen LogP contribution in [0.2, 0.25) is 0 Å². The van der Waals surface area contributed by atoms with Gasteiger partial charge in [-0.1, -0.05) is 24.3 Å². The minimum absolute atomic E-state index is 0.228. The van der Waals surface area contributed by atoms with E-state index in [-0.39, 0.29) is 5.96 Å². The molecule has 0 unspecified atom stereocenters. The molecule has 0 aliphatic heterocycles. The third-order valence-corrected chi connectivity index (χ3v) is 1.84. The molecule has 0 aliphatic carbocycles. The van der Waals surface area contributed by atoms with E-state index in [9.17, 15) is 4.79 Å². The molecule has 4 nitrogen and oxygen atoms in total. The minimum Gasteiger partial charge on any atom is -0.370 e. The molecule has 78 valence electrons. The van der Waals surface area contributed by atoms with Crippen molar-refractivity contribution in [1.29, 1.82) is 0 Å². The summed E-state index contributed by atoms with van der Waals surface area (Å²) in [6, 6.07) is 7.15. The molecule has 0 heterocycles. The van der Waals surface area contributed by atoms with E-state index < -0.39 is 5.91 Å². The lowest BCUT2D eigenvalue weighted by molar-refractivity contribution is 0.100. The van der Waals surface area contributed by atoms with Crippen molar-refractivity contribution in [3.8, 4) is 0 Å². The normalized spacial score (nSPS) is 9.33. The fourth-order valence-electron chi connectivity index (χ4n) is 1.24. The first-order valence-electron chi connectivity index (χ1n) is 4.48. The Hall–Kier alpha value is -2.10. The number of guanidine groups is 1. The van der Waals surface area contributed by atoms with Gasteiger partial charge in [0.2, 0.25) is 0 Å². The third-order valence-electron chi connectivity index (χ3n) is 1.84. The maximum absolute atomic E-state index is 11.6. The fraction of sp³-hybridized carbons (Fsp3) is 0.0909. The van der Waals surface area contributed by atoms with Crippen molar-refractivity contribution >= 4 is 11.9 Å². The molecule has 0 radical (unpaired) electrons. The van der Waals surface area contributed by atoms with Crippen molar-refractivity contribution in [2.75, 3.05) is 0 Å². The average molecular weight is 203 g/mol. The summed E-state index contributed by atoms with van der Waals surface area (Å²) < 4.78 is 0. The predicted molar refractivity (Wildman–Crippen MR) is 60.5 cm³/mol. The number of allylic oxidation sites excluding steroid dienone is 1. The Morgan fingerprint density at radius 1 is 1.40 bits per heavy atom. The van der Waals surface area contributed by atoms with Gasteiger partial charge in [0.1, 0.15) is 0 Å². The van der Waals surface area contributed by atoms with Crippen LogP contribution in [0.5, 0.6) is 0 Å². The summed E-state index contributed by atoms with van der Waals surface area (Å²) in [6.45, 7) is 3.62. The summed E-state index contributed by atoms with van der Waals surface area (Å²) in [5.41, 5.74) is 11.7. The molecule has 0 saturated heterocycles. The van der Waals surface area contributed by atoms with Gasteiger partial charge >= 0.3 is 0 Å². The van der Waals surface area contributed by atoms with E-state index in [0.29, 0.717) is 12.0 Å². The zero-order chi connectivity index (χ0) is 11.3. The molecular formula is C11H13N3O.